The van der Waals surface area contributed by atoms with Gasteiger partial charge in [0.2, 0.25) is 0 Å². The Hall–Kier alpha value is -2.43. The number of esters is 1. The summed E-state index contributed by atoms with van der Waals surface area (Å²) < 4.78 is 10.4. The van der Waals surface area contributed by atoms with E-state index in [4.69, 9.17) is 9.47 Å². The van der Waals surface area contributed by atoms with Gasteiger partial charge in [0.25, 0.3) is 0 Å². The number of nitrogens with zero attached hydrogens (tertiary/aromatic N) is 1. The number of morpholine rings is 1. The van der Waals surface area contributed by atoms with Crippen molar-refractivity contribution in [3.8, 4) is 0 Å². The fraction of sp³-hybridized carbons (Fsp3) is 0.318. The molecule has 1 aliphatic heterocycles. The van der Waals surface area contributed by atoms with Crippen LogP contribution in [-0.2, 0) is 16.0 Å². The highest BCUT2D eigenvalue weighted by molar-refractivity contribution is 5.89. The molecule has 3 rings (SSSR count). The van der Waals surface area contributed by atoms with Gasteiger partial charge in [0.05, 0.1) is 25.4 Å². The van der Waals surface area contributed by atoms with Crippen molar-refractivity contribution in [3.63, 3.8) is 0 Å². The summed E-state index contributed by atoms with van der Waals surface area (Å²) in [6.07, 6.45) is 4.13. The lowest BCUT2D eigenvalue weighted by Gasteiger charge is -2.26. The fourth-order valence-electron chi connectivity index (χ4n) is 2.89. The summed E-state index contributed by atoms with van der Waals surface area (Å²) in [5.41, 5.74) is 4.11. The van der Waals surface area contributed by atoms with E-state index in [9.17, 15) is 4.79 Å². The molecule has 4 heteroatoms. The molecule has 136 valence electrons. The zero-order chi connectivity index (χ0) is 18.2. The smallest absolute Gasteiger partial charge is 0.338 e. The van der Waals surface area contributed by atoms with Crippen molar-refractivity contribution < 1.29 is 14.3 Å². The number of benzene rings is 2. The third kappa shape index (κ3) is 5.28. The predicted molar refractivity (Wildman–Crippen MR) is 104 cm³/mol. The number of hydrogen-bond acceptors (Lipinski definition) is 4. The molecule has 1 saturated heterocycles. The molecule has 0 saturated carbocycles. The van der Waals surface area contributed by atoms with E-state index in [2.05, 4.69) is 35.2 Å². The molecule has 1 aliphatic rings. The maximum atomic E-state index is 11.7. The van der Waals surface area contributed by atoms with Crippen molar-refractivity contribution in [3.05, 3.63) is 70.8 Å². The lowest BCUT2D eigenvalue weighted by molar-refractivity contribution is 0.0342. The second kappa shape index (κ2) is 9.32. The normalized spacial score (nSPS) is 15.3. The average Bonchev–Trinajstić information content (AvgIpc) is 2.69. The minimum Gasteiger partial charge on any atom is -0.462 e. The quantitative estimate of drug-likeness (QED) is 0.585. The zero-order valence-electron chi connectivity index (χ0n) is 15.2. The van der Waals surface area contributed by atoms with E-state index < -0.39 is 0 Å². The SMILES string of the molecule is CCOC(=O)c1ccc(/C=C\c2ccc(CN3CCOCC3)cc2)cc1. The van der Waals surface area contributed by atoms with Crippen LogP contribution in [0.4, 0.5) is 0 Å². The lowest BCUT2D eigenvalue weighted by Crippen LogP contribution is -2.35. The molecule has 0 aromatic heterocycles. The molecular formula is C22H25NO3. The van der Waals surface area contributed by atoms with Crippen molar-refractivity contribution in [2.45, 2.75) is 13.5 Å². The van der Waals surface area contributed by atoms with Gasteiger partial charge >= 0.3 is 5.97 Å². The largest absolute Gasteiger partial charge is 0.462 e. The summed E-state index contributed by atoms with van der Waals surface area (Å²) in [6, 6.07) is 16.1. The zero-order valence-corrected chi connectivity index (χ0v) is 15.2. The Bertz CT molecular complexity index is 729. The molecule has 0 radical (unpaired) electrons. The number of ether oxygens (including phenoxy) is 2. The van der Waals surface area contributed by atoms with Crippen LogP contribution in [0.15, 0.2) is 48.5 Å². The Morgan fingerprint density at radius 1 is 1.00 bits per heavy atom. The Balaban J connectivity index is 1.57. The van der Waals surface area contributed by atoms with Crippen molar-refractivity contribution in [2.75, 3.05) is 32.9 Å². The second-order valence-electron chi connectivity index (χ2n) is 6.31. The van der Waals surface area contributed by atoms with Crippen LogP contribution in [0.1, 0.15) is 34.0 Å². The van der Waals surface area contributed by atoms with E-state index in [1.165, 1.54) is 5.56 Å². The fourth-order valence-corrected chi connectivity index (χ4v) is 2.89. The minimum absolute atomic E-state index is 0.279. The molecule has 0 atom stereocenters. The molecule has 0 unspecified atom stereocenters. The average molecular weight is 351 g/mol. The highest BCUT2D eigenvalue weighted by Gasteiger charge is 2.10. The van der Waals surface area contributed by atoms with Crippen LogP contribution < -0.4 is 0 Å². The molecule has 0 N–H and O–H groups in total. The van der Waals surface area contributed by atoms with Crippen molar-refractivity contribution >= 4 is 18.1 Å². The van der Waals surface area contributed by atoms with Gasteiger partial charge in [-0.2, -0.15) is 0 Å². The van der Waals surface area contributed by atoms with Crippen LogP contribution in [0.2, 0.25) is 0 Å². The van der Waals surface area contributed by atoms with E-state index in [0.717, 1.165) is 44.0 Å². The molecule has 4 nitrogen and oxygen atoms in total. The third-order valence-corrected chi connectivity index (χ3v) is 4.38. The van der Waals surface area contributed by atoms with Gasteiger partial charge < -0.3 is 9.47 Å². The Morgan fingerprint density at radius 2 is 1.58 bits per heavy atom. The first-order chi connectivity index (χ1) is 12.7. The maximum Gasteiger partial charge on any atom is 0.338 e. The molecule has 1 heterocycles. The molecule has 26 heavy (non-hydrogen) atoms. The first kappa shape index (κ1) is 18.4. The molecule has 0 bridgehead atoms. The number of hydrogen-bond donors (Lipinski definition) is 0. The van der Waals surface area contributed by atoms with E-state index in [1.807, 2.05) is 18.2 Å². The summed E-state index contributed by atoms with van der Waals surface area (Å²) >= 11 is 0. The van der Waals surface area contributed by atoms with Crippen molar-refractivity contribution in [2.24, 2.45) is 0 Å². The molecule has 0 aliphatic carbocycles. The standard InChI is InChI=1S/C22H25NO3/c1-2-26-22(24)21-11-9-19(10-12-21)4-3-18-5-7-20(8-6-18)17-23-13-15-25-16-14-23/h3-12H,2,13-17H2,1H3/b4-3-. The van der Waals surface area contributed by atoms with Gasteiger partial charge in [0, 0.05) is 19.6 Å². The van der Waals surface area contributed by atoms with Gasteiger partial charge in [-0.15, -0.1) is 0 Å². The van der Waals surface area contributed by atoms with Crippen molar-refractivity contribution in [1.29, 1.82) is 0 Å². The van der Waals surface area contributed by atoms with Gasteiger partial charge in [-0.1, -0.05) is 48.6 Å². The van der Waals surface area contributed by atoms with Gasteiger partial charge in [-0.3, -0.25) is 4.90 Å². The van der Waals surface area contributed by atoms with Gasteiger partial charge in [0.15, 0.2) is 0 Å². The number of rotatable bonds is 6. The third-order valence-electron chi connectivity index (χ3n) is 4.38. The van der Waals surface area contributed by atoms with Gasteiger partial charge in [0.1, 0.15) is 0 Å². The van der Waals surface area contributed by atoms with Crippen LogP contribution in [0.5, 0.6) is 0 Å². The van der Waals surface area contributed by atoms with E-state index >= 15 is 0 Å². The number of carbonyl (C=O) groups excluding carboxylic acids is 1. The molecule has 0 spiro atoms. The Labute approximate surface area is 155 Å². The minimum atomic E-state index is -0.279. The highest BCUT2D eigenvalue weighted by Crippen LogP contribution is 2.13. The van der Waals surface area contributed by atoms with Crippen LogP contribution in [0.3, 0.4) is 0 Å². The van der Waals surface area contributed by atoms with E-state index in [1.54, 1.807) is 19.1 Å². The summed E-state index contributed by atoms with van der Waals surface area (Å²) in [4.78, 5) is 14.1. The predicted octanol–water partition coefficient (Wildman–Crippen LogP) is 3.87. The number of carbonyl (C=O) groups is 1. The van der Waals surface area contributed by atoms with E-state index in [0.29, 0.717) is 12.2 Å². The van der Waals surface area contributed by atoms with Crippen LogP contribution in [0, 0.1) is 0 Å². The van der Waals surface area contributed by atoms with Crippen LogP contribution >= 0.6 is 0 Å². The summed E-state index contributed by atoms with van der Waals surface area (Å²) in [6.45, 7) is 6.84. The first-order valence-corrected chi connectivity index (χ1v) is 9.09. The van der Waals surface area contributed by atoms with Crippen molar-refractivity contribution in [1.82, 2.24) is 4.90 Å². The second-order valence-corrected chi connectivity index (χ2v) is 6.31. The summed E-state index contributed by atoms with van der Waals surface area (Å²) in [5, 5.41) is 0. The van der Waals surface area contributed by atoms with Gasteiger partial charge in [-0.25, -0.2) is 4.79 Å². The topological polar surface area (TPSA) is 38.8 Å². The molecular weight excluding hydrogens is 326 g/mol. The first-order valence-electron chi connectivity index (χ1n) is 9.09. The van der Waals surface area contributed by atoms with Gasteiger partial charge in [-0.05, 0) is 35.7 Å². The Kier molecular flexibility index (Phi) is 6.58. The van der Waals surface area contributed by atoms with E-state index in [-0.39, 0.29) is 5.97 Å². The highest BCUT2D eigenvalue weighted by atomic mass is 16.5. The molecule has 1 fully saturated rings. The van der Waals surface area contributed by atoms with Crippen LogP contribution in [0.25, 0.3) is 12.2 Å². The molecule has 2 aromatic rings. The summed E-state index contributed by atoms with van der Waals surface area (Å²) in [7, 11) is 0. The monoisotopic (exact) mass is 351 g/mol. The lowest BCUT2D eigenvalue weighted by atomic mass is 10.1. The summed E-state index contributed by atoms with van der Waals surface area (Å²) in [5.74, 6) is -0.279. The molecule has 0 amide bonds. The Morgan fingerprint density at radius 3 is 2.15 bits per heavy atom. The van der Waals surface area contributed by atoms with Crippen LogP contribution in [-0.4, -0.2) is 43.8 Å². The maximum absolute atomic E-state index is 11.7. The molecule has 2 aromatic carbocycles.